The summed E-state index contributed by atoms with van der Waals surface area (Å²) < 4.78 is 0. The normalized spacial score (nSPS) is 18.8. The molecule has 2 heterocycles. The molecule has 86 heavy (non-hydrogen) atoms. The minimum atomic E-state index is -1.30. The number of rotatable bonds is 25. The summed E-state index contributed by atoms with van der Waals surface area (Å²) in [6.07, 6.45) is 0.220. The van der Waals surface area contributed by atoms with Crippen molar-refractivity contribution < 1.29 is 72.9 Å². The minimum Gasteiger partial charge on any atom is -0.481 e. The highest BCUT2D eigenvalue weighted by molar-refractivity contribution is 7.98. The molecule has 2 aromatic rings. The molecule has 0 spiro atoms. The van der Waals surface area contributed by atoms with Crippen LogP contribution in [0.5, 0.6) is 0 Å². The van der Waals surface area contributed by atoms with Crippen LogP contribution in [0, 0.1) is 0 Å². The number of fused-ring (bicyclic) bond motifs is 29. The number of carbonyl (C=O) groups is 12. The molecule has 27 nitrogen and oxygen atoms in total. The first-order valence-electron chi connectivity index (χ1n) is 29.1. The van der Waals surface area contributed by atoms with Gasteiger partial charge in [0.25, 0.3) is 5.91 Å². The number of carboxylic acid groups (broad SMARTS) is 3. The highest BCUT2D eigenvalue weighted by Crippen LogP contribution is 2.18. The molecule has 476 valence electrons. The molecule has 0 fully saturated rings. The number of carbonyl (C=O) groups excluding carboxylic acids is 9. The Morgan fingerprint density at radius 3 is 1.43 bits per heavy atom. The van der Waals surface area contributed by atoms with E-state index in [0.29, 0.717) is 38.0 Å². The molecular weight excluding hydrogens is 1140 g/mol. The van der Waals surface area contributed by atoms with E-state index in [9.17, 15) is 72.9 Å². The van der Waals surface area contributed by atoms with Crippen molar-refractivity contribution in [3.8, 4) is 0 Å². The largest absolute Gasteiger partial charge is 0.481 e. The van der Waals surface area contributed by atoms with Gasteiger partial charge in [-0.05, 0) is 94.3 Å². The zero-order valence-corrected chi connectivity index (χ0v) is 49.8. The topological polar surface area (TPSA) is 431 Å². The first-order chi connectivity index (χ1) is 41.1. The third-order valence-electron chi connectivity index (χ3n) is 13.9. The zero-order chi connectivity index (χ0) is 63.4. The third-order valence-corrected chi connectivity index (χ3v) is 15.0. The fourth-order valence-electron chi connectivity index (χ4n) is 9.48. The van der Waals surface area contributed by atoms with E-state index < -0.39 is 154 Å². The molecule has 2 aromatic carbocycles. The summed E-state index contributed by atoms with van der Waals surface area (Å²) in [4.78, 5) is 165. The number of benzene rings is 2. The molecule has 0 aromatic heterocycles. The molecule has 0 saturated carbocycles. The SMILES string of the molecule is NCCCCC1CN(C(=O)CCc2ccccc2)CC(=O)NC(CCC(=O)O)CN(CC(N)=O)C(=O)CCSCc2ccc(cc2)C(=O)NC(CCC(=O)O)CN(C(=O)CCC(=O)O)CC(=O)NC(CCCCN)CN(C(=O)CCCN)CC(=O)N1. The average Bonchev–Trinajstić information content (AvgIpc) is 3.63. The van der Waals surface area contributed by atoms with Gasteiger partial charge in [-0.3, -0.25) is 57.5 Å². The van der Waals surface area contributed by atoms with E-state index in [0.717, 1.165) is 20.9 Å². The quantitative estimate of drug-likeness (QED) is 0.0457. The number of amides is 9. The van der Waals surface area contributed by atoms with Crippen LogP contribution in [0.25, 0.3) is 0 Å². The molecule has 4 rings (SSSR count). The van der Waals surface area contributed by atoms with Gasteiger partial charge in [-0.15, -0.1) is 0 Å². The Kier molecular flexibility index (Phi) is 34.3. The molecule has 15 N–H and O–H groups in total. The second kappa shape index (κ2) is 40.6. The standard InChI is InChI=1S/C58H88N12O15S/c59-27-6-4-11-43-31-68(51(75)13-8-29-61)36-48(72)64-44(12-5-7-28-60)32-69(52(76)21-16-40-9-2-1-3-10-40)38-50(74)65-45(19-23-55(79)80)33-67(35-47(62)71)54(78)26-30-86-39-41-14-17-42(18-15-41)58(85)66-46(20-24-56(81)82)34-70(37-49(73)63-43)53(77)22-25-57(83)84/h1-3,9-10,14-15,17-18,43-46H,4-8,11-13,16,19-39,59-61H2,(H2,62,71)(H,63,73)(H,64,72)(H,65,74)(H,66,85)(H,79,80)(H,81,82)(H,83,84). The van der Waals surface area contributed by atoms with Crippen LogP contribution in [0.3, 0.4) is 0 Å². The van der Waals surface area contributed by atoms with E-state index in [1.54, 1.807) is 12.1 Å². The summed E-state index contributed by atoms with van der Waals surface area (Å²) in [6.45, 7) is -2.85. The van der Waals surface area contributed by atoms with Gasteiger partial charge in [0.05, 0.1) is 32.6 Å². The molecule has 2 aliphatic heterocycles. The Morgan fingerprint density at radius 1 is 0.512 bits per heavy atom. The monoisotopic (exact) mass is 1220 g/mol. The van der Waals surface area contributed by atoms with Crippen LogP contribution in [0.15, 0.2) is 54.6 Å². The summed E-state index contributed by atoms with van der Waals surface area (Å²) in [7, 11) is 0. The van der Waals surface area contributed by atoms with Crippen molar-refractivity contribution in [2.24, 2.45) is 22.9 Å². The van der Waals surface area contributed by atoms with Crippen molar-refractivity contribution in [3.05, 3.63) is 71.3 Å². The fourth-order valence-corrected chi connectivity index (χ4v) is 10.4. The molecule has 4 atom stereocenters. The van der Waals surface area contributed by atoms with Gasteiger partial charge < -0.3 is 79.1 Å². The van der Waals surface area contributed by atoms with Crippen molar-refractivity contribution in [2.45, 2.75) is 139 Å². The number of thioether (sulfide) groups is 1. The van der Waals surface area contributed by atoms with Crippen LogP contribution in [0.2, 0.25) is 0 Å². The number of nitrogens with one attached hydrogen (secondary N) is 4. The van der Waals surface area contributed by atoms with Gasteiger partial charge in [0.1, 0.15) is 0 Å². The Labute approximate surface area is 505 Å². The minimum absolute atomic E-state index is 0.0653. The van der Waals surface area contributed by atoms with Crippen LogP contribution >= 0.6 is 11.8 Å². The lowest BCUT2D eigenvalue weighted by molar-refractivity contribution is -0.142. The van der Waals surface area contributed by atoms with Crippen molar-refractivity contribution in [1.82, 2.24) is 40.9 Å². The average molecular weight is 1230 g/mol. The number of hydrogen-bond acceptors (Lipinski definition) is 16. The molecule has 28 heteroatoms. The van der Waals surface area contributed by atoms with E-state index in [1.165, 1.54) is 33.7 Å². The third kappa shape index (κ3) is 30.4. The van der Waals surface area contributed by atoms with Crippen LogP contribution in [0.1, 0.15) is 124 Å². The van der Waals surface area contributed by atoms with Gasteiger partial charge >= 0.3 is 17.9 Å². The maximum atomic E-state index is 14.4. The molecule has 2 bridgehead atoms. The predicted octanol–water partition coefficient (Wildman–Crippen LogP) is -0.0999. The highest BCUT2D eigenvalue weighted by atomic mass is 32.2. The summed E-state index contributed by atoms with van der Waals surface area (Å²) >= 11 is 1.34. The molecule has 0 aliphatic carbocycles. The van der Waals surface area contributed by atoms with Crippen molar-refractivity contribution in [2.75, 3.05) is 77.7 Å². The smallest absolute Gasteiger partial charge is 0.303 e. The number of nitrogens with zero attached hydrogens (tertiary/aromatic N) is 4. The first-order valence-corrected chi connectivity index (χ1v) is 30.3. The number of aliphatic carboxylic acids is 3. The maximum Gasteiger partial charge on any atom is 0.303 e. The predicted molar refractivity (Wildman–Crippen MR) is 319 cm³/mol. The zero-order valence-electron chi connectivity index (χ0n) is 49.0. The summed E-state index contributed by atoms with van der Waals surface area (Å²) in [5.41, 5.74) is 24.8. The van der Waals surface area contributed by atoms with Gasteiger partial charge in [0.2, 0.25) is 47.3 Å². The lowest BCUT2D eigenvalue weighted by Crippen LogP contribution is -2.54. The number of nitrogens with two attached hydrogens (primary N) is 4. The van der Waals surface area contributed by atoms with Gasteiger partial charge in [0.15, 0.2) is 0 Å². The molecule has 0 radical (unpaired) electrons. The number of unbranched alkanes of at least 4 members (excludes halogenated alkanes) is 2. The van der Waals surface area contributed by atoms with Crippen molar-refractivity contribution >= 4 is 82.8 Å². The number of primary amides is 1. The van der Waals surface area contributed by atoms with Crippen LogP contribution in [0.4, 0.5) is 0 Å². The van der Waals surface area contributed by atoms with E-state index in [1.807, 2.05) is 30.3 Å². The van der Waals surface area contributed by atoms with Gasteiger partial charge in [-0.1, -0.05) is 55.3 Å². The Bertz CT molecular complexity index is 2550. The Hall–Kier alpha value is -7.69. The van der Waals surface area contributed by atoms with E-state index in [2.05, 4.69) is 21.3 Å². The van der Waals surface area contributed by atoms with E-state index in [-0.39, 0.29) is 102 Å². The van der Waals surface area contributed by atoms with Crippen LogP contribution < -0.4 is 44.2 Å². The fraction of sp³-hybridized carbons (Fsp3) is 0.586. The first kappa shape index (κ1) is 72.6. The molecule has 4 unspecified atom stereocenters. The van der Waals surface area contributed by atoms with Gasteiger partial charge in [-0.2, -0.15) is 11.8 Å². The molecule has 0 saturated heterocycles. The number of hydrogen-bond donors (Lipinski definition) is 11. The van der Waals surface area contributed by atoms with E-state index in [4.69, 9.17) is 22.9 Å². The van der Waals surface area contributed by atoms with Crippen molar-refractivity contribution in [3.63, 3.8) is 0 Å². The molecular formula is C58H88N12O15S. The summed E-state index contributed by atoms with van der Waals surface area (Å²) in [6, 6.07) is 11.6. The molecule has 9 amide bonds. The second-order valence-electron chi connectivity index (χ2n) is 21.2. The lowest BCUT2D eigenvalue weighted by atomic mass is 10.1. The van der Waals surface area contributed by atoms with Crippen LogP contribution in [-0.4, -0.2) is 208 Å². The maximum absolute atomic E-state index is 14.4. The lowest BCUT2D eigenvalue weighted by Gasteiger charge is -2.32. The van der Waals surface area contributed by atoms with Crippen molar-refractivity contribution in [1.29, 1.82) is 0 Å². The summed E-state index contributed by atoms with van der Waals surface area (Å²) in [5, 5.41) is 40.2. The highest BCUT2D eigenvalue weighted by Gasteiger charge is 2.30. The Morgan fingerprint density at radius 2 is 0.965 bits per heavy atom. The Balaban J connectivity index is 2.18. The van der Waals surface area contributed by atoms with Gasteiger partial charge in [0, 0.05) is 106 Å². The van der Waals surface area contributed by atoms with Gasteiger partial charge in [-0.25, -0.2) is 0 Å². The van der Waals surface area contributed by atoms with E-state index >= 15 is 0 Å². The van der Waals surface area contributed by atoms with Crippen LogP contribution in [-0.2, 0) is 64.9 Å². The summed E-state index contributed by atoms with van der Waals surface area (Å²) in [5.74, 6) is -9.10. The number of carboxylic acids is 3. The molecule has 2 aliphatic rings. The number of aryl methyl sites for hydroxylation is 1. The second-order valence-corrected chi connectivity index (χ2v) is 22.3.